The average Bonchev–Trinajstić information content (AvgIpc) is 2.70. The van der Waals surface area contributed by atoms with E-state index in [1.54, 1.807) is 12.1 Å². The van der Waals surface area contributed by atoms with Gasteiger partial charge in [-0.1, -0.05) is 11.6 Å². The summed E-state index contributed by atoms with van der Waals surface area (Å²) in [7, 11) is 0. The summed E-state index contributed by atoms with van der Waals surface area (Å²) >= 11 is 5.92. The number of hydrogen-bond acceptors (Lipinski definition) is 2. The van der Waals surface area contributed by atoms with Gasteiger partial charge in [-0.25, -0.2) is 0 Å². The predicted octanol–water partition coefficient (Wildman–Crippen LogP) is 2.81. The lowest BCUT2D eigenvalue weighted by Crippen LogP contribution is -2.18. The Morgan fingerprint density at radius 2 is 2.00 bits per heavy atom. The van der Waals surface area contributed by atoms with Gasteiger partial charge in [0.05, 0.1) is 11.3 Å². The maximum absolute atomic E-state index is 8.95. The van der Waals surface area contributed by atoms with E-state index in [9.17, 15) is 0 Å². The minimum absolute atomic E-state index is 0.700. The first kappa shape index (κ1) is 9.36. The first-order valence-electron chi connectivity index (χ1n) is 4.76. The van der Waals surface area contributed by atoms with E-state index in [2.05, 4.69) is 11.0 Å². The Morgan fingerprint density at radius 3 is 2.64 bits per heavy atom. The first-order chi connectivity index (χ1) is 6.81. The Labute approximate surface area is 88.7 Å². The van der Waals surface area contributed by atoms with Gasteiger partial charge in [-0.3, -0.25) is 0 Å². The van der Waals surface area contributed by atoms with Gasteiger partial charge in [-0.2, -0.15) is 5.26 Å². The minimum Gasteiger partial charge on any atom is -0.370 e. The molecule has 0 amide bonds. The highest BCUT2D eigenvalue weighted by molar-refractivity contribution is 6.30. The van der Waals surface area contributed by atoms with Gasteiger partial charge in [0.25, 0.3) is 0 Å². The number of nitriles is 1. The molecule has 2 nitrogen and oxygen atoms in total. The highest BCUT2D eigenvalue weighted by Crippen LogP contribution is 2.27. The summed E-state index contributed by atoms with van der Waals surface area (Å²) < 4.78 is 0. The van der Waals surface area contributed by atoms with Crippen LogP contribution in [0.1, 0.15) is 18.4 Å². The number of anilines is 1. The largest absolute Gasteiger partial charge is 0.370 e. The molecule has 1 aliphatic rings. The zero-order chi connectivity index (χ0) is 9.97. The van der Waals surface area contributed by atoms with Crippen LogP contribution in [0.2, 0.25) is 5.02 Å². The topological polar surface area (TPSA) is 27.0 Å². The van der Waals surface area contributed by atoms with Crippen molar-refractivity contribution in [1.82, 2.24) is 0 Å². The van der Waals surface area contributed by atoms with Crippen molar-refractivity contribution >= 4 is 17.3 Å². The highest BCUT2D eigenvalue weighted by Gasteiger charge is 2.15. The third-order valence-electron chi connectivity index (χ3n) is 2.53. The Kier molecular flexibility index (Phi) is 2.60. The number of nitrogens with zero attached hydrogens (tertiary/aromatic N) is 2. The van der Waals surface area contributed by atoms with Gasteiger partial charge in [-0.15, -0.1) is 0 Å². The van der Waals surface area contributed by atoms with Gasteiger partial charge in [0, 0.05) is 18.1 Å². The van der Waals surface area contributed by atoms with Gasteiger partial charge < -0.3 is 4.90 Å². The molecule has 1 aromatic carbocycles. The summed E-state index contributed by atoms with van der Waals surface area (Å²) in [4.78, 5) is 2.23. The Bertz CT molecular complexity index is 375. The molecular weight excluding hydrogens is 196 g/mol. The molecule has 0 bridgehead atoms. The van der Waals surface area contributed by atoms with E-state index in [0.717, 1.165) is 24.3 Å². The smallest absolute Gasteiger partial charge is 0.101 e. The standard InChI is InChI=1S/C11H11ClN2/c12-10-4-3-9(8-13)11(7-10)14-5-1-2-6-14/h3-4,7H,1-2,5-6H2. The van der Waals surface area contributed by atoms with Crippen LogP contribution in [0, 0.1) is 11.3 Å². The third kappa shape index (κ3) is 1.69. The molecule has 14 heavy (non-hydrogen) atoms. The van der Waals surface area contributed by atoms with Gasteiger partial charge in [0.2, 0.25) is 0 Å². The molecule has 0 radical (unpaired) electrons. The van der Waals surface area contributed by atoms with Crippen LogP contribution in [-0.4, -0.2) is 13.1 Å². The molecule has 0 atom stereocenters. The maximum Gasteiger partial charge on any atom is 0.101 e. The lowest BCUT2D eigenvalue weighted by Gasteiger charge is -2.18. The maximum atomic E-state index is 8.95. The fraction of sp³-hybridized carbons (Fsp3) is 0.364. The number of benzene rings is 1. The number of hydrogen-bond donors (Lipinski definition) is 0. The normalized spacial score (nSPS) is 15.6. The molecule has 0 spiro atoms. The quantitative estimate of drug-likeness (QED) is 0.707. The van der Waals surface area contributed by atoms with Crippen LogP contribution in [0.4, 0.5) is 5.69 Å². The molecule has 1 aliphatic heterocycles. The first-order valence-corrected chi connectivity index (χ1v) is 5.13. The molecule has 0 aliphatic carbocycles. The van der Waals surface area contributed by atoms with Crippen molar-refractivity contribution in [3.05, 3.63) is 28.8 Å². The Morgan fingerprint density at radius 1 is 1.29 bits per heavy atom. The van der Waals surface area contributed by atoms with Crippen LogP contribution in [0.15, 0.2) is 18.2 Å². The minimum atomic E-state index is 0.700. The number of rotatable bonds is 1. The second-order valence-corrected chi connectivity index (χ2v) is 3.90. The van der Waals surface area contributed by atoms with Crippen molar-refractivity contribution in [2.24, 2.45) is 0 Å². The summed E-state index contributed by atoms with van der Waals surface area (Å²) in [5.41, 5.74) is 1.70. The van der Waals surface area contributed by atoms with Crippen molar-refractivity contribution < 1.29 is 0 Å². The second kappa shape index (κ2) is 3.89. The van der Waals surface area contributed by atoms with Crippen molar-refractivity contribution in [3.63, 3.8) is 0 Å². The SMILES string of the molecule is N#Cc1ccc(Cl)cc1N1CCCC1. The van der Waals surface area contributed by atoms with E-state index in [1.165, 1.54) is 12.8 Å². The van der Waals surface area contributed by atoms with Crippen molar-refractivity contribution in [2.45, 2.75) is 12.8 Å². The fourth-order valence-corrected chi connectivity index (χ4v) is 1.99. The zero-order valence-electron chi connectivity index (χ0n) is 7.83. The van der Waals surface area contributed by atoms with Crippen LogP contribution < -0.4 is 4.90 Å². The fourth-order valence-electron chi connectivity index (χ4n) is 1.82. The molecule has 0 saturated carbocycles. The lowest BCUT2D eigenvalue weighted by molar-refractivity contribution is 0.949. The van der Waals surface area contributed by atoms with E-state index in [1.807, 2.05) is 6.07 Å². The highest BCUT2D eigenvalue weighted by atomic mass is 35.5. The lowest BCUT2D eigenvalue weighted by atomic mass is 10.2. The van der Waals surface area contributed by atoms with Crippen LogP contribution >= 0.6 is 11.6 Å². The van der Waals surface area contributed by atoms with Crippen LogP contribution in [0.3, 0.4) is 0 Å². The van der Waals surface area contributed by atoms with Crippen LogP contribution in [0.25, 0.3) is 0 Å². The molecule has 0 unspecified atom stereocenters. The summed E-state index contributed by atoms with van der Waals surface area (Å²) in [5, 5.41) is 9.65. The van der Waals surface area contributed by atoms with E-state index in [4.69, 9.17) is 16.9 Å². The molecule has 72 valence electrons. The zero-order valence-corrected chi connectivity index (χ0v) is 8.59. The summed E-state index contributed by atoms with van der Waals surface area (Å²) in [5.74, 6) is 0. The van der Waals surface area contributed by atoms with Crippen LogP contribution in [-0.2, 0) is 0 Å². The second-order valence-electron chi connectivity index (χ2n) is 3.47. The Hall–Kier alpha value is -1.20. The molecule has 0 aromatic heterocycles. The summed E-state index contributed by atoms with van der Waals surface area (Å²) in [6, 6.07) is 7.63. The summed E-state index contributed by atoms with van der Waals surface area (Å²) in [6.45, 7) is 2.07. The molecule has 1 fully saturated rings. The predicted molar refractivity (Wildman–Crippen MR) is 57.6 cm³/mol. The van der Waals surface area contributed by atoms with E-state index >= 15 is 0 Å². The van der Waals surface area contributed by atoms with Gasteiger partial charge in [0.1, 0.15) is 6.07 Å². The molecule has 3 heteroatoms. The molecule has 0 N–H and O–H groups in total. The molecule has 2 rings (SSSR count). The van der Waals surface area contributed by atoms with E-state index < -0.39 is 0 Å². The van der Waals surface area contributed by atoms with Crippen molar-refractivity contribution in [2.75, 3.05) is 18.0 Å². The van der Waals surface area contributed by atoms with Crippen molar-refractivity contribution in [3.8, 4) is 6.07 Å². The van der Waals surface area contributed by atoms with Crippen molar-refractivity contribution in [1.29, 1.82) is 5.26 Å². The molecule has 1 saturated heterocycles. The van der Waals surface area contributed by atoms with Gasteiger partial charge >= 0.3 is 0 Å². The number of halogens is 1. The van der Waals surface area contributed by atoms with Crippen LogP contribution in [0.5, 0.6) is 0 Å². The Balaban J connectivity index is 2.39. The van der Waals surface area contributed by atoms with Gasteiger partial charge in [-0.05, 0) is 31.0 Å². The average molecular weight is 207 g/mol. The molecule has 1 heterocycles. The van der Waals surface area contributed by atoms with E-state index in [0.29, 0.717) is 5.02 Å². The monoisotopic (exact) mass is 206 g/mol. The van der Waals surface area contributed by atoms with Gasteiger partial charge in [0.15, 0.2) is 0 Å². The summed E-state index contributed by atoms with van der Waals surface area (Å²) in [6.07, 6.45) is 2.41. The molecular formula is C11H11ClN2. The molecule has 1 aromatic rings. The van der Waals surface area contributed by atoms with E-state index in [-0.39, 0.29) is 0 Å². The third-order valence-corrected chi connectivity index (χ3v) is 2.76.